The molecule has 0 bridgehead atoms. The molecule has 1 aromatic heterocycles. The standard InChI is InChI=1S/C19H15Br2N3O3/c1-11-2-7-15(14(21)8-11)22-18(25)10-27-19(26)17-9-16(23-24-17)12-3-5-13(20)6-4-12/h2-9H,10H2,1H3,(H,22,25)(H,23,24). The number of ether oxygens (including phenoxy) is 1. The van der Waals surface area contributed by atoms with E-state index in [1.165, 1.54) is 0 Å². The molecule has 6 nitrogen and oxygen atoms in total. The minimum absolute atomic E-state index is 0.178. The Labute approximate surface area is 172 Å². The van der Waals surface area contributed by atoms with Gasteiger partial charge in [-0.25, -0.2) is 4.79 Å². The fourth-order valence-electron chi connectivity index (χ4n) is 2.31. The first kappa shape index (κ1) is 19.3. The predicted molar refractivity (Wildman–Crippen MR) is 110 cm³/mol. The summed E-state index contributed by atoms with van der Waals surface area (Å²) in [5.41, 5.74) is 3.32. The van der Waals surface area contributed by atoms with Crippen molar-refractivity contribution in [1.82, 2.24) is 10.2 Å². The lowest BCUT2D eigenvalue weighted by Gasteiger charge is -2.08. The maximum Gasteiger partial charge on any atom is 0.356 e. The molecule has 0 atom stereocenters. The van der Waals surface area contributed by atoms with Gasteiger partial charge in [0.2, 0.25) is 0 Å². The summed E-state index contributed by atoms with van der Waals surface area (Å²) >= 11 is 6.75. The summed E-state index contributed by atoms with van der Waals surface area (Å²) in [6.45, 7) is 1.55. The number of aryl methyl sites for hydroxylation is 1. The monoisotopic (exact) mass is 491 g/mol. The number of H-pyrrole nitrogens is 1. The highest BCUT2D eigenvalue weighted by Crippen LogP contribution is 2.23. The van der Waals surface area contributed by atoms with Gasteiger partial charge < -0.3 is 10.1 Å². The number of hydrogen-bond acceptors (Lipinski definition) is 4. The number of halogens is 2. The van der Waals surface area contributed by atoms with Gasteiger partial charge in [0.25, 0.3) is 5.91 Å². The van der Waals surface area contributed by atoms with Crippen LogP contribution >= 0.6 is 31.9 Å². The number of nitrogens with one attached hydrogen (secondary N) is 2. The lowest BCUT2D eigenvalue weighted by Crippen LogP contribution is -2.21. The molecule has 0 aliphatic rings. The minimum atomic E-state index is -0.649. The highest BCUT2D eigenvalue weighted by atomic mass is 79.9. The number of anilines is 1. The quantitative estimate of drug-likeness (QED) is 0.505. The molecule has 1 heterocycles. The first-order chi connectivity index (χ1) is 12.9. The number of esters is 1. The van der Waals surface area contributed by atoms with Gasteiger partial charge >= 0.3 is 5.97 Å². The second-order valence-corrected chi connectivity index (χ2v) is 7.55. The summed E-state index contributed by atoms with van der Waals surface area (Å²) in [5.74, 6) is -1.08. The molecular formula is C19H15Br2N3O3. The lowest BCUT2D eigenvalue weighted by molar-refractivity contribution is -0.119. The molecule has 27 heavy (non-hydrogen) atoms. The van der Waals surface area contributed by atoms with Gasteiger partial charge in [0.15, 0.2) is 6.61 Å². The molecule has 8 heteroatoms. The van der Waals surface area contributed by atoms with Crippen molar-refractivity contribution in [3.63, 3.8) is 0 Å². The topological polar surface area (TPSA) is 84.1 Å². The Morgan fingerprint density at radius 1 is 1.11 bits per heavy atom. The van der Waals surface area contributed by atoms with E-state index in [9.17, 15) is 9.59 Å². The summed E-state index contributed by atoms with van der Waals surface area (Å²) in [6, 6.07) is 14.6. The average molecular weight is 493 g/mol. The van der Waals surface area contributed by atoms with E-state index in [4.69, 9.17) is 4.74 Å². The maximum atomic E-state index is 12.1. The molecule has 0 unspecified atom stereocenters. The van der Waals surface area contributed by atoms with E-state index in [1.54, 1.807) is 12.1 Å². The smallest absolute Gasteiger partial charge is 0.356 e. The highest BCUT2D eigenvalue weighted by molar-refractivity contribution is 9.10. The van der Waals surface area contributed by atoms with Crippen molar-refractivity contribution < 1.29 is 14.3 Å². The number of aromatic nitrogens is 2. The van der Waals surface area contributed by atoms with Gasteiger partial charge in [-0.05, 0) is 58.7 Å². The zero-order valence-corrected chi connectivity index (χ0v) is 17.4. The normalized spacial score (nSPS) is 10.5. The van der Waals surface area contributed by atoms with Gasteiger partial charge in [-0.15, -0.1) is 0 Å². The fraction of sp³-hybridized carbons (Fsp3) is 0.105. The Hall–Kier alpha value is -2.45. The van der Waals surface area contributed by atoms with Crippen LogP contribution in [-0.4, -0.2) is 28.7 Å². The average Bonchev–Trinajstić information content (AvgIpc) is 3.13. The van der Waals surface area contributed by atoms with E-state index in [0.717, 1.165) is 20.1 Å². The van der Waals surface area contributed by atoms with E-state index in [2.05, 4.69) is 47.4 Å². The molecule has 3 aromatic rings. The van der Waals surface area contributed by atoms with Gasteiger partial charge in [0, 0.05) is 14.5 Å². The SMILES string of the molecule is Cc1ccc(NC(=O)COC(=O)c2cc(-c3ccc(Br)cc3)n[nH]2)c(Br)c1. The van der Waals surface area contributed by atoms with Gasteiger partial charge in [-0.1, -0.05) is 34.1 Å². The molecule has 2 aromatic carbocycles. The Kier molecular flexibility index (Phi) is 6.08. The summed E-state index contributed by atoms with van der Waals surface area (Å²) in [5, 5.41) is 9.42. The first-order valence-electron chi connectivity index (χ1n) is 7.97. The van der Waals surface area contributed by atoms with Crippen LogP contribution in [0.15, 0.2) is 57.5 Å². The Morgan fingerprint density at radius 3 is 2.56 bits per heavy atom. The van der Waals surface area contributed by atoms with Crippen molar-refractivity contribution >= 4 is 49.4 Å². The number of carbonyl (C=O) groups is 2. The van der Waals surface area contributed by atoms with Gasteiger partial charge in [0.1, 0.15) is 5.69 Å². The van der Waals surface area contributed by atoms with Crippen molar-refractivity contribution in [1.29, 1.82) is 0 Å². The van der Waals surface area contributed by atoms with Crippen LogP contribution in [0.4, 0.5) is 5.69 Å². The number of hydrogen-bond donors (Lipinski definition) is 2. The third-order valence-corrected chi connectivity index (χ3v) is 4.86. The number of carbonyl (C=O) groups excluding carboxylic acids is 2. The van der Waals surface area contributed by atoms with Crippen LogP contribution < -0.4 is 5.32 Å². The number of benzene rings is 2. The summed E-state index contributed by atoms with van der Waals surface area (Å²) in [7, 11) is 0. The molecule has 0 radical (unpaired) electrons. The molecule has 3 rings (SSSR count). The number of nitrogens with zero attached hydrogens (tertiary/aromatic N) is 1. The van der Waals surface area contributed by atoms with E-state index >= 15 is 0 Å². The van der Waals surface area contributed by atoms with Crippen LogP contribution in [0.5, 0.6) is 0 Å². The van der Waals surface area contributed by atoms with Crippen molar-refractivity contribution in [2.75, 3.05) is 11.9 Å². The zero-order valence-electron chi connectivity index (χ0n) is 14.3. The van der Waals surface area contributed by atoms with Crippen molar-refractivity contribution in [3.8, 4) is 11.3 Å². The largest absolute Gasteiger partial charge is 0.451 e. The second-order valence-electron chi connectivity index (χ2n) is 5.78. The maximum absolute atomic E-state index is 12.1. The van der Waals surface area contributed by atoms with Crippen molar-refractivity contribution in [2.45, 2.75) is 6.92 Å². The fourth-order valence-corrected chi connectivity index (χ4v) is 3.17. The van der Waals surface area contributed by atoms with Crippen molar-refractivity contribution in [3.05, 3.63) is 68.7 Å². The predicted octanol–water partition coefficient (Wildman–Crippen LogP) is 4.71. The first-order valence-corrected chi connectivity index (χ1v) is 9.55. The van der Waals surface area contributed by atoms with Crippen LogP contribution in [0.3, 0.4) is 0 Å². The van der Waals surface area contributed by atoms with Crippen molar-refractivity contribution in [2.24, 2.45) is 0 Å². The molecular weight excluding hydrogens is 478 g/mol. The van der Waals surface area contributed by atoms with E-state index in [1.807, 2.05) is 43.3 Å². The number of amides is 1. The van der Waals surface area contributed by atoms with E-state index in [-0.39, 0.29) is 5.69 Å². The molecule has 0 saturated carbocycles. The van der Waals surface area contributed by atoms with Gasteiger partial charge in [-0.3, -0.25) is 9.89 Å². The highest BCUT2D eigenvalue weighted by Gasteiger charge is 2.15. The van der Waals surface area contributed by atoms with Crippen LogP contribution in [-0.2, 0) is 9.53 Å². The molecule has 1 amide bonds. The number of aromatic amines is 1. The molecule has 138 valence electrons. The Bertz CT molecular complexity index is 984. The molecule has 0 spiro atoms. The second kappa shape index (κ2) is 8.49. The van der Waals surface area contributed by atoms with Gasteiger partial charge in [0.05, 0.1) is 11.4 Å². The molecule has 0 aliphatic carbocycles. The number of rotatable bonds is 5. The third-order valence-electron chi connectivity index (χ3n) is 3.67. The Balaban J connectivity index is 1.57. The summed E-state index contributed by atoms with van der Waals surface area (Å²) in [4.78, 5) is 24.1. The minimum Gasteiger partial charge on any atom is -0.451 e. The Morgan fingerprint density at radius 2 is 1.85 bits per heavy atom. The van der Waals surface area contributed by atoms with Crippen LogP contribution in [0.2, 0.25) is 0 Å². The van der Waals surface area contributed by atoms with E-state index < -0.39 is 18.5 Å². The van der Waals surface area contributed by atoms with Gasteiger partial charge in [-0.2, -0.15) is 5.10 Å². The molecule has 0 saturated heterocycles. The van der Waals surface area contributed by atoms with Crippen LogP contribution in [0.1, 0.15) is 16.1 Å². The van der Waals surface area contributed by atoms with Crippen LogP contribution in [0.25, 0.3) is 11.3 Å². The summed E-state index contributed by atoms with van der Waals surface area (Å²) in [6.07, 6.45) is 0. The lowest BCUT2D eigenvalue weighted by atomic mass is 10.1. The molecule has 2 N–H and O–H groups in total. The zero-order chi connectivity index (χ0) is 19.4. The molecule has 0 aliphatic heterocycles. The third kappa shape index (κ3) is 5.05. The summed E-state index contributed by atoms with van der Waals surface area (Å²) < 4.78 is 6.76. The van der Waals surface area contributed by atoms with E-state index in [0.29, 0.717) is 11.4 Å². The van der Waals surface area contributed by atoms with Crippen LogP contribution in [0, 0.1) is 6.92 Å². The molecule has 0 fully saturated rings.